The highest BCUT2D eigenvalue weighted by atomic mass is 32.1. The number of nitrogens with one attached hydrogen (secondary N) is 1. The highest BCUT2D eigenvalue weighted by Gasteiger charge is 2.17. The standard InChI is InChI=1S/C19H14N2O2S2/c22-17(23)11-16-18(15-9-4-10-24-15)21-19(25-16)20-14-8-3-6-12-5-1-2-7-13(12)14/h1-10H,11H2,(H,20,21)(H,22,23). The van der Waals surface area contributed by atoms with E-state index in [4.69, 9.17) is 0 Å². The molecule has 0 radical (unpaired) electrons. The first-order chi connectivity index (χ1) is 12.2. The summed E-state index contributed by atoms with van der Waals surface area (Å²) in [5.74, 6) is -0.849. The minimum Gasteiger partial charge on any atom is -0.481 e. The Hall–Kier alpha value is -2.70. The van der Waals surface area contributed by atoms with E-state index in [1.54, 1.807) is 11.3 Å². The third kappa shape index (κ3) is 3.26. The van der Waals surface area contributed by atoms with E-state index in [0.29, 0.717) is 5.13 Å². The fourth-order valence-corrected chi connectivity index (χ4v) is 4.50. The lowest BCUT2D eigenvalue weighted by atomic mass is 10.1. The van der Waals surface area contributed by atoms with Crippen LogP contribution in [0.1, 0.15) is 4.88 Å². The fraction of sp³-hybridized carbons (Fsp3) is 0.0526. The van der Waals surface area contributed by atoms with Crippen LogP contribution in [-0.2, 0) is 11.2 Å². The van der Waals surface area contributed by atoms with Crippen molar-refractivity contribution >= 4 is 50.2 Å². The second-order valence-corrected chi connectivity index (χ2v) is 7.52. The molecule has 25 heavy (non-hydrogen) atoms. The molecule has 0 atom stereocenters. The molecule has 2 heterocycles. The van der Waals surface area contributed by atoms with Gasteiger partial charge < -0.3 is 10.4 Å². The van der Waals surface area contributed by atoms with E-state index in [1.807, 2.05) is 41.8 Å². The summed E-state index contributed by atoms with van der Waals surface area (Å²) in [5.41, 5.74) is 1.72. The van der Waals surface area contributed by atoms with Crippen molar-refractivity contribution < 1.29 is 9.90 Å². The number of carboxylic acids is 1. The Bertz CT molecular complexity index is 1030. The van der Waals surface area contributed by atoms with Crippen molar-refractivity contribution in [1.82, 2.24) is 4.98 Å². The van der Waals surface area contributed by atoms with Crippen LogP contribution in [0.15, 0.2) is 60.0 Å². The van der Waals surface area contributed by atoms with E-state index in [2.05, 4.69) is 28.5 Å². The van der Waals surface area contributed by atoms with Gasteiger partial charge in [-0.05, 0) is 22.9 Å². The number of fused-ring (bicyclic) bond motifs is 1. The molecule has 0 saturated heterocycles. The topological polar surface area (TPSA) is 62.2 Å². The number of hydrogen-bond acceptors (Lipinski definition) is 5. The molecule has 0 unspecified atom stereocenters. The van der Waals surface area contributed by atoms with Gasteiger partial charge in [0.05, 0.1) is 17.0 Å². The molecule has 124 valence electrons. The molecule has 0 aliphatic carbocycles. The number of benzene rings is 2. The molecule has 0 aliphatic rings. The van der Waals surface area contributed by atoms with Crippen LogP contribution in [0.2, 0.25) is 0 Å². The average Bonchev–Trinajstić information content (AvgIpc) is 3.24. The zero-order chi connectivity index (χ0) is 17.2. The molecule has 6 heteroatoms. The number of carbonyl (C=O) groups is 1. The number of rotatable bonds is 5. The van der Waals surface area contributed by atoms with Crippen molar-refractivity contribution in [3.63, 3.8) is 0 Å². The Kier molecular flexibility index (Phi) is 4.21. The third-order valence-electron chi connectivity index (χ3n) is 3.79. The molecule has 0 saturated carbocycles. The van der Waals surface area contributed by atoms with Crippen molar-refractivity contribution in [2.45, 2.75) is 6.42 Å². The predicted octanol–water partition coefficient (Wildman–Crippen LogP) is 5.40. The quantitative estimate of drug-likeness (QED) is 0.497. The Morgan fingerprint density at radius 1 is 1.08 bits per heavy atom. The molecule has 2 N–H and O–H groups in total. The maximum Gasteiger partial charge on any atom is 0.308 e. The fourth-order valence-electron chi connectivity index (χ4n) is 2.72. The summed E-state index contributed by atoms with van der Waals surface area (Å²) in [6.07, 6.45) is -0.0257. The Balaban J connectivity index is 1.74. The number of thiazole rings is 1. The molecule has 0 fully saturated rings. The highest BCUT2D eigenvalue weighted by Crippen LogP contribution is 2.36. The lowest BCUT2D eigenvalue weighted by molar-refractivity contribution is -0.136. The van der Waals surface area contributed by atoms with Gasteiger partial charge in [-0.2, -0.15) is 0 Å². The molecule has 0 amide bonds. The van der Waals surface area contributed by atoms with Crippen LogP contribution in [0, 0.1) is 0 Å². The summed E-state index contributed by atoms with van der Waals surface area (Å²) >= 11 is 2.96. The van der Waals surface area contributed by atoms with Crippen molar-refractivity contribution in [1.29, 1.82) is 0 Å². The lowest BCUT2D eigenvalue weighted by Gasteiger charge is -2.06. The molecule has 0 spiro atoms. The van der Waals surface area contributed by atoms with E-state index >= 15 is 0 Å². The third-order valence-corrected chi connectivity index (χ3v) is 5.64. The highest BCUT2D eigenvalue weighted by molar-refractivity contribution is 7.17. The number of aromatic nitrogens is 1. The van der Waals surface area contributed by atoms with E-state index in [9.17, 15) is 9.90 Å². The van der Waals surface area contributed by atoms with Crippen LogP contribution in [0.4, 0.5) is 10.8 Å². The molecular formula is C19H14N2O2S2. The number of nitrogens with zero attached hydrogens (tertiary/aromatic N) is 1. The van der Waals surface area contributed by atoms with Crippen LogP contribution in [-0.4, -0.2) is 16.1 Å². The van der Waals surface area contributed by atoms with E-state index in [0.717, 1.165) is 31.9 Å². The summed E-state index contributed by atoms with van der Waals surface area (Å²) < 4.78 is 0. The molecular weight excluding hydrogens is 352 g/mol. The maximum absolute atomic E-state index is 11.2. The maximum atomic E-state index is 11.2. The first-order valence-corrected chi connectivity index (χ1v) is 9.40. The van der Waals surface area contributed by atoms with Gasteiger partial charge in [-0.25, -0.2) is 4.98 Å². The second-order valence-electron chi connectivity index (χ2n) is 5.49. The largest absolute Gasteiger partial charge is 0.481 e. The molecule has 2 aromatic heterocycles. The normalized spacial score (nSPS) is 10.9. The van der Waals surface area contributed by atoms with Gasteiger partial charge in [-0.15, -0.1) is 22.7 Å². The van der Waals surface area contributed by atoms with E-state index in [-0.39, 0.29) is 6.42 Å². The van der Waals surface area contributed by atoms with Gasteiger partial charge in [0.1, 0.15) is 0 Å². The van der Waals surface area contributed by atoms with Crippen molar-refractivity contribution in [2.24, 2.45) is 0 Å². The molecule has 4 nitrogen and oxygen atoms in total. The number of carboxylic acid groups (broad SMARTS) is 1. The predicted molar refractivity (Wildman–Crippen MR) is 104 cm³/mol. The summed E-state index contributed by atoms with van der Waals surface area (Å²) in [6, 6.07) is 18.1. The monoisotopic (exact) mass is 366 g/mol. The zero-order valence-corrected chi connectivity index (χ0v) is 14.7. The van der Waals surface area contributed by atoms with Crippen molar-refractivity contribution in [3.8, 4) is 10.6 Å². The molecule has 0 bridgehead atoms. The summed E-state index contributed by atoms with van der Waals surface area (Å²) in [4.78, 5) is 17.6. The van der Waals surface area contributed by atoms with Crippen LogP contribution in [0.25, 0.3) is 21.3 Å². The first-order valence-electron chi connectivity index (χ1n) is 7.71. The second kappa shape index (κ2) is 6.66. The van der Waals surface area contributed by atoms with Gasteiger partial charge in [0.2, 0.25) is 0 Å². The molecule has 4 aromatic rings. The van der Waals surface area contributed by atoms with Gasteiger partial charge >= 0.3 is 5.97 Å². The number of aliphatic carboxylic acids is 1. The molecule has 4 rings (SSSR count). The van der Waals surface area contributed by atoms with Gasteiger partial charge in [-0.1, -0.05) is 42.5 Å². The SMILES string of the molecule is O=C(O)Cc1sc(Nc2cccc3ccccc23)nc1-c1cccs1. The van der Waals surface area contributed by atoms with Crippen molar-refractivity contribution in [2.75, 3.05) is 5.32 Å². The summed E-state index contributed by atoms with van der Waals surface area (Å²) in [7, 11) is 0. The minimum absolute atomic E-state index is 0.0257. The van der Waals surface area contributed by atoms with Crippen LogP contribution < -0.4 is 5.32 Å². The summed E-state index contributed by atoms with van der Waals surface area (Å²) in [5, 5.41) is 17.5. The van der Waals surface area contributed by atoms with E-state index < -0.39 is 5.97 Å². The molecule has 0 aliphatic heterocycles. The van der Waals surface area contributed by atoms with Crippen LogP contribution in [0.5, 0.6) is 0 Å². The lowest BCUT2D eigenvalue weighted by Crippen LogP contribution is -1.98. The Labute approximate surface area is 152 Å². The number of thiophene rings is 1. The van der Waals surface area contributed by atoms with Crippen molar-refractivity contribution in [3.05, 3.63) is 64.9 Å². The van der Waals surface area contributed by atoms with E-state index in [1.165, 1.54) is 11.3 Å². The first kappa shape index (κ1) is 15.8. The van der Waals surface area contributed by atoms with Gasteiger partial charge in [0, 0.05) is 16.0 Å². The van der Waals surface area contributed by atoms with Crippen LogP contribution in [0.3, 0.4) is 0 Å². The van der Waals surface area contributed by atoms with Gasteiger partial charge in [-0.3, -0.25) is 4.79 Å². The zero-order valence-electron chi connectivity index (χ0n) is 13.1. The molecule has 2 aromatic carbocycles. The van der Waals surface area contributed by atoms with Crippen LogP contribution >= 0.6 is 22.7 Å². The minimum atomic E-state index is -0.849. The Morgan fingerprint density at radius 2 is 1.92 bits per heavy atom. The average molecular weight is 366 g/mol. The van der Waals surface area contributed by atoms with Gasteiger partial charge in [0.15, 0.2) is 5.13 Å². The summed E-state index contributed by atoms with van der Waals surface area (Å²) in [6.45, 7) is 0. The number of hydrogen-bond donors (Lipinski definition) is 2. The van der Waals surface area contributed by atoms with Gasteiger partial charge in [0.25, 0.3) is 0 Å². The number of anilines is 2. The Morgan fingerprint density at radius 3 is 2.72 bits per heavy atom. The smallest absolute Gasteiger partial charge is 0.308 e.